The molecule has 0 aliphatic heterocycles. The van der Waals surface area contributed by atoms with E-state index < -0.39 is 0 Å². The first-order valence-electron chi connectivity index (χ1n) is 7.19. The molecule has 3 heterocycles. The second kappa shape index (κ2) is 6.34. The smallest absolute Gasteiger partial charge is 0.160 e. The number of aryl methyl sites for hydroxylation is 1. The molecule has 0 spiro atoms. The maximum Gasteiger partial charge on any atom is 0.160 e. The highest BCUT2D eigenvalue weighted by molar-refractivity contribution is 5.51. The fourth-order valence-corrected chi connectivity index (χ4v) is 2.32. The van der Waals surface area contributed by atoms with Crippen molar-refractivity contribution in [2.75, 3.05) is 5.32 Å². The quantitative estimate of drug-likeness (QED) is 0.782. The SMILES string of the molecule is C[C@H](Cc1cccnc1)Nc1ccc(-c2nccn2C)nn1. The van der Waals surface area contributed by atoms with Crippen LogP contribution in [0.4, 0.5) is 5.82 Å². The minimum atomic E-state index is 0.248. The Kier molecular flexibility index (Phi) is 4.09. The molecule has 0 saturated carbocycles. The van der Waals surface area contributed by atoms with E-state index in [0.717, 1.165) is 23.8 Å². The Hall–Kier alpha value is -2.76. The van der Waals surface area contributed by atoms with Gasteiger partial charge < -0.3 is 9.88 Å². The first kappa shape index (κ1) is 14.2. The molecular weight excluding hydrogens is 276 g/mol. The van der Waals surface area contributed by atoms with Gasteiger partial charge >= 0.3 is 0 Å². The Morgan fingerprint density at radius 1 is 1.18 bits per heavy atom. The van der Waals surface area contributed by atoms with Crippen LogP contribution >= 0.6 is 0 Å². The average molecular weight is 294 g/mol. The van der Waals surface area contributed by atoms with Crippen molar-refractivity contribution < 1.29 is 0 Å². The first-order chi connectivity index (χ1) is 10.7. The minimum absolute atomic E-state index is 0.248. The Bertz CT molecular complexity index is 720. The maximum absolute atomic E-state index is 4.27. The van der Waals surface area contributed by atoms with E-state index in [9.17, 15) is 0 Å². The summed E-state index contributed by atoms with van der Waals surface area (Å²) in [5, 5.41) is 11.8. The van der Waals surface area contributed by atoms with Crippen molar-refractivity contribution in [3.05, 3.63) is 54.6 Å². The maximum atomic E-state index is 4.27. The number of aromatic nitrogens is 5. The molecule has 1 N–H and O–H groups in total. The lowest BCUT2D eigenvalue weighted by molar-refractivity contribution is 0.776. The Morgan fingerprint density at radius 2 is 2.09 bits per heavy atom. The van der Waals surface area contributed by atoms with Gasteiger partial charge in [0.15, 0.2) is 5.82 Å². The van der Waals surface area contributed by atoms with Crippen molar-refractivity contribution in [3.63, 3.8) is 0 Å². The summed E-state index contributed by atoms with van der Waals surface area (Å²) in [6.45, 7) is 2.11. The fraction of sp³-hybridized carbons (Fsp3) is 0.250. The number of pyridine rings is 1. The molecule has 3 aromatic rings. The van der Waals surface area contributed by atoms with Gasteiger partial charge in [0.2, 0.25) is 0 Å². The van der Waals surface area contributed by atoms with E-state index >= 15 is 0 Å². The number of nitrogens with zero attached hydrogens (tertiary/aromatic N) is 5. The van der Waals surface area contributed by atoms with Gasteiger partial charge in [-0.25, -0.2) is 4.98 Å². The van der Waals surface area contributed by atoms with Crippen molar-refractivity contribution in [2.24, 2.45) is 7.05 Å². The van der Waals surface area contributed by atoms with Gasteiger partial charge in [-0.1, -0.05) is 6.07 Å². The molecule has 0 saturated heterocycles. The molecule has 0 aliphatic carbocycles. The van der Waals surface area contributed by atoms with Crippen molar-refractivity contribution in [3.8, 4) is 11.5 Å². The largest absolute Gasteiger partial charge is 0.366 e. The summed E-state index contributed by atoms with van der Waals surface area (Å²) >= 11 is 0. The number of hydrogen-bond acceptors (Lipinski definition) is 5. The second-order valence-electron chi connectivity index (χ2n) is 5.28. The van der Waals surface area contributed by atoms with E-state index in [-0.39, 0.29) is 6.04 Å². The highest BCUT2D eigenvalue weighted by Gasteiger charge is 2.08. The van der Waals surface area contributed by atoms with Gasteiger partial charge in [0.05, 0.1) is 0 Å². The summed E-state index contributed by atoms with van der Waals surface area (Å²) in [6, 6.07) is 8.12. The highest BCUT2D eigenvalue weighted by Crippen LogP contribution is 2.15. The summed E-state index contributed by atoms with van der Waals surface area (Å²) in [6.07, 6.45) is 8.19. The number of nitrogens with one attached hydrogen (secondary N) is 1. The summed E-state index contributed by atoms with van der Waals surface area (Å²) in [5.74, 6) is 1.57. The van der Waals surface area contributed by atoms with Crippen molar-refractivity contribution in [1.82, 2.24) is 24.7 Å². The van der Waals surface area contributed by atoms with E-state index in [2.05, 4.69) is 38.5 Å². The van der Waals surface area contributed by atoms with Crippen LogP contribution in [0.5, 0.6) is 0 Å². The van der Waals surface area contributed by atoms with Crippen LogP contribution in [0, 0.1) is 0 Å². The fourth-order valence-electron chi connectivity index (χ4n) is 2.32. The standard InChI is InChI=1S/C16H18N6/c1-12(10-13-4-3-7-17-11-13)19-15-6-5-14(20-21-15)16-18-8-9-22(16)2/h3-9,11-12H,10H2,1-2H3,(H,19,21)/t12-/m1/s1. The van der Waals surface area contributed by atoms with E-state index in [1.54, 1.807) is 12.4 Å². The van der Waals surface area contributed by atoms with Gasteiger partial charge in [0.1, 0.15) is 11.5 Å². The summed E-state index contributed by atoms with van der Waals surface area (Å²) in [7, 11) is 1.94. The van der Waals surface area contributed by atoms with Crippen LogP contribution in [0.2, 0.25) is 0 Å². The van der Waals surface area contributed by atoms with Crippen LogP contribution in [0.15, 0.2) is 49.1 Å². The van der Waals surface area contributed by atoms with Gasteiger partial charge in [0.25, 0.3) is 0 Å². The minimum Gasteiger partial charge on any atom is -0.366 e. The normalized spacial score (nSPS) is 12.1. The lowest BCUT2D eigenvalue weighted by atomic mass is 10.1. The predicted octanol–water partition coefficient (Wildman–Crippen LogP) is 2.32. The van der Waals surface area contributed by atoms with Crippen LogP contribution in [-0.2, 0) is 13.5 Å². The van der Waals surface area contributed by atoms with Crippen molar-refractivity contribution in [1.29, 1.82) is 0 Å². The second-order valence-corrected chi connectivity index (χ2v) is 5.28. The molecule has 0 amide bonds. The molecule has 6 nitrogen and oxygen atoms in total. The molecule has 1 atom stereocenters. The summed E-state index contributed by atoms with van der Waals surface area (Å²) in [5.41, 5.74) is 1.96. The number of imidazole rings is 1. The zero-order chi connectivity index (χ0) is 15.4. The van der Waals surface area contributed by atoms with E-state index in [0.29, 0.717) is 0 Å². The van der Waals surface area contributed by atoms with Crippen molar-refractivity contribution >= 4 is 5.82 Å². The molecule has 0 radical (unpaired) electrons. The Labute approximate surface area is 129 Å². The third-order valence-electron chi connectivity index (χ3n) is 3.37. The third kappa shape index (κ3) is 3.28. The predicted molar refractivity (Wildman–Crippen MR) is 85.3 cm³/mol. The Balaban J connectivity index is 1.65. The van der Waals surface area contributed by atoms with Gasteiger partial charge in [-0.15, -0.1) is 10.2 Å². The van der Waals surface area contributed by atoms with Crippen LogP contribution in [0.1, 0.15) is 12.5 Å². The number of anilines is 1. The van der Waals surface area contributed by atoms with E-state index in [4.69, 9.17) is 0 Å². The molecule has 112 valence electrons. The van der Waals surface area contributed by atoms with Gasteiger partial charge in [-0.3, -0.25) is 4.98 Å². The third-order valence-corrected chi connectivity index (χ3v) is 3.37. The monoisotopic (exact) mass is 294 g/mol. The molecule has 0 unspecified atom stereocenters. The van der Waals surface area contributed by atoms with Crippen molar-refractivity contribution in [2.45, 2.75) is 19.4 Å². The van der Waals surface area contributed by atoms with Gasteiger partial charge in [0, 0.05) is 37.9 Å². The molecule has 0 aliphatic rings. The molecule has 0 fully saturated rings. The first-order valence-corrected chi connectivity index (χ1v) is 7.19. The van der Waals surface area contributed by atoms with Crippen LogP contribution in [0.25, 0.3) is 11.5 Å². The summed E-state index contributed by atoms with van der Waals surface area (Å²) in [4.78, 5) is 8.39. The summed E-state index contributed by atoms with van der Waals surface area (Å²) < 4.78 is 1.92. The topological polar surface area (TPSA) is 68.5 Å². The van der Waals surface area contributed by atoms with Gasteiger partial charge in [-0.2, -0.15) is 0 Å². The molecule has 3 aromatic heterocycles. The van der Waals surface area contributed by atoms with Gasteiger partial charge in [-0.05, 0) is 37.1 Å². The molecular formula is C16H18N6. The molecule has 6 heteroatoms. The zero-order valence-electron chi connectivity index (χ0n) is 12.6. The van der Waals surface area contributed by atoms with E-state index in [1.807, 2.05) is 42.2 Å². The highest BCUT2D eigenvalue weighted by atomic mass is 15.2. The number of hydrogen-bond donors (Lipinski definition) is 1. The number of rotatable bonds is 5. The average Bonchev–Trinajstić information content (AvgIpc) is 2.95. The lowest BCUT2D eigenvalue weighted by Gasteiger charge is -2.14. The molecule has 0 bridgehead atoms. The molecule has 3 rings (SSSR count). The van der Waals surface area contributed by atoms with Crippen LogP contribution < -0.4 is 5.32 Å². The molecule has 0 aromatic carbocycles. The molecule has 22 heavy (non-hydrogen) atoms. The van der Waals surface area contributed by atoms with Crippen LogP contribution in [-0.4, -0.2) is 30.8 Å². The van der Waals surface area contributed by atoms with E-state index in [1.165, 1.54) is 5.56 Å². The Morgan fingerprint density at radius 3 is 2.73 bits per heavy atom. The lowest BCUT2D eigenvalue weighted by Crippen LogP contribution is -2.19. The van der Waals surface area contributed by atoms with Crippen LogP contribution in [0.3, 0.4) is 0 Å². The zero-order valence-corrected chi connectivity index (χ0v) is 12.6.